The Morgan fingerprint density at radius 2 is 1.88 bits per heavy atom. The van der Waals surface area contributed by atoms with Crippen molar-refractivity contribution in [2.75, 3.05) is 26.3 Å². The first kappa shape index (κ1) is 21.1. The van der Waals surface area contributed by atoms with Crippen LogP contribution in [0.1, 0.15) is 41.9 Å². The molecule has 170 valence electrons. The van der Waals surface area contributed by atoms with Crippen LogP contribution >= 0.6 is 0 Å². The minimum Gasteiger partial charge on any atom is -0.381 e. The first-order valence-electron chi connectivity index (χ1n) is 10.8. The SMILES string of the molecule is O=c1[nH]c(C2CN(Cc3ccccc3)CC2C(F)(F)F)nn2c(C3CCOCC3)ncc12. The van der Waals surface area contributed by atoms with Gasteiger partial charge in [0, 0.05) is 44.7 Å². The Morgan fingerprint density at radius 1 is 1.12 bits per heavy atom. The predicted molar refractivity (Wildman–Crippen MR) is 110 cm³/mol. The van der Waals surface area contributed by atoms with Gasteiger partial charge in [-0.05, 0) is 18.4 Å². The molecule has 1 aromatic carbocycles. The third-order valence-electron chi connectivity index (χ3n) is 6.45. The fraction of sp³-hybridized carbons (Fsp3) is 0.500. The van der Waals surface area contributed by atoms with E-state index < -0.39 is 23.6 Å². The number of alkyl halides is 3. The van der Waals surface area contributed by atoms with Gasteiger partial charge in [-0.15, -0.1) is 0 Å². The number of benzene rings is 1. The minimum absolute atomic E-state index is 0.0602. The predicted octanol–water partition coefficient (Wildman–Crippen LogP) is 3.09. The van der Waals surface area contributed by atoms with Crippen LogP contribution in [0.3, 0.4) is 0 Å². The summed E-state index contributed by atoms with van der Waals surface area (Å²) in [5, 5.41) is 4.49. The quantitative estimate of drug-likeness (QED) is 0.665. The zero-order chi connectivity index (χ0) is 22.3. The molecule has 2 aromatic heterocycles. The number of likely N-dealkylation sites (tertiary alicyclic amines) is 1. The van der Waals surface area contributed by atoms with Crippen molar-refractivity contribution in [3.63, 3.8) is 0 Å². The molecule has 2 atom stereocenters. The summed E-state index contributed by atoms with van der Waals surface area (Å²) in [5.74, 6) is -1.84. The van der Waals surface area contributed by atoms with Gasteiger partial charge in [0.15, 0.2) is 5.52 Å². The minimum atomic E-state index is -4.40. The molecular formula is C22H24F3N5O2. The highest BCUT2D eigenvalue weighted by molar-refractivity contribution is 5.42. The average molecular weight is 447 g/mol. The van der Waals surface area contributed by atoms with E-state index in [1.54, 1.807) is 4.90 Å². The summed E-state index contributed by atoms with van der Waals surface area (Å²) in [5.41, 5.74) is 0.726. The van der Waals surface area contributed by atoms with Crippen LogP contribution in [0.15, 0.2) is 41.3 Å². The van der Waals surface area contributed by atoms with Gasteiger partial charge in [-0.25, -0.2) is 9.50 Å². The van der Waals surface area contributed by atoms with Crippen molar-refractivity contribution in [3.8, 4) is 0 Å². The standard InChI is InChI=1S/C22H24F3N5O2/c23-22(24,25)17-13-29(11-14-4-2-1-3-5-14)12-16(17)19-27-21(31)18-10-26-20(30(18)28-19)15-6-8-32-9-7-15/h1-5,10,15-17H,6-9,11-13H2,(H,27,28,31). The zero-order valence-electron chi connectivity index (χ0n) is 17.4. The lowest BCUT2D eigenvalue weighted by Crippen LogP contribution is -2.31. The number of ether oxygens (including phenoxy) is 1. The first-order valence-corrected chi connectivity index (χ1v) is 10.8. The van der Waals surface area contributed by atoms with Crippen molar-refractivity contribution in [2.24, 2.45) is 5.92 Å². The van der Waals surface area contributed by atoms with Crippen LogP contribution in [-0.4, -0.2) is 57.0 Å². The molecule has 10 heteroatoms. The van der Waals surface area contributed by atoms with Crippen LogP contribution in [0.25, 0.3) is 5.52 Å². The second-order valence-electron chi connectivity index (χ2n) is 8.57. The topological polar surface area (TPSA) is 75.5 Å². The number of halogens is 3. The van der Waals surface area contributed by atoms with Crippen molar-refractivity contribution in [2.45, 2.75) is 37.4 Å². The summed E-state index contributed by atoms with van der Waals surface area (Å²) in [6.07, 6.45) is -1.48. The van der Waals surface area contributed by atoms with Gasteiger partial charge in [0.1, 0.15) is 11.6 Å². The van der Waals surface area contributed by atoms with Crippen LogP contribution in [0.5, 0.6) is 0 Å². The zero-order valence-corrected chi connectivity index (χ0v) is 17.4. The van der Waals surface area contributed by atoms with E-state index in [2.05, 4.69) is 15.1 Å². The van der Waals surface area contributed by atoms with Gasteiger partial charge in [0.2, 0.25) is 0 Å². The van der Waals surface area contributed by atoms with Gasteiger partial charge < -0.3 is 9.72 Å². The second-order valence-corrected chi connectivity index (χ2v) is 8.57. The summed E-state index contributed by atoms with van der Waals surface area (Å²) in [6, 6.07) is 9.41. The molecule has 2 saturated heterocycles. The molecule has 0 amide bonds. The third-order valence-corrected chi connectivity index (χ3v) is 6.45. The molecule has 0 aliphatic carbocycles. The van der Waals surface area contributed by atoms with E-state index in [1.165, 1.54) is 10.7 Å². The van der Waals surface area contributed by atoms with E-state index in [-0.39, 0.29) is 30.3 Å². The average Bonchev–Trinajstić information content (AvgIpc) is 3.40. The molecule has 2 fully saturated rings. The maximum absolute atomic E-state index is 14.0. The summed E-state index contributed by atoms with van der Waals surface area (Å²) >= 11 is 0. The molecule has 0 spiro atoms. The Hall–Kier alpha value is -2.72. The highest BCUT2D eigenvalue weighted by atomic mass is 19.4. The lowest BCUT2D eigenvalue weighted by molar-refractivity contribution is -0.174. The van der Waals surface area contributed by atoms with E-state index in [0.29, 0.717) is 25.6 Å². The number of imidazole rings is 1. The van der Waals surface area contributed by atoms with E-state index in [0.717, 1.165) is 18.4 Å². The Kier molecular flexibility index (Phi) is 5.50. The number of H-pyrrole nitrogens is 1. The van der Waals surface area contributed by atoms with E-state index in [4.69, 9.17) is 4.74 Å². The van der Waals surface area contributed by atoms with Crippen LogP contribution in [0, 0.1) is 5.92 Å². The van der Waals surface area contributed by atoms with Crippen LogP contribution in [0.4, 0.5) is 13.2 Å². The highest BCUT2D eigenvalue weighted by Crippen LogP contribution is 2.42. The van der Waals surface area contributed by atoms with Crippen molar-refractivity contribution in [1.29, 1.82) is 0 Å². The van der Waals surface area contributed by atoms with E-state index >= 15 is 0 Å². The lowest BCUT2D eigenvalue weighted by atomic mass is 9.95. The highest BCUT2D eigenvalue weighted by Gasteiger charge is 2.51. The normalized spacial score (nSPS) is 23.2. The Bertz CT molecular complexity index is 1140. The second kappa shape index (κ2) is 8.32. The molecule has 1 N–H and O–H groups in total. The lowest BCUT2D eigenvalue weighted by Gasteiger charge is -2.22. The smallest absolute Gasteiger partial charge is 0.381 e. The number of hydrogen-bond acceptors (Lipinski definition) is 5. The Balaban J connectivity index is 1.49. The molecule has 3 aromatic rings. The summed E-state index contributed by atoms with van der Waals surface area (Å²) in [6.45, 7) is 1.61. The number of fused-ring (bicyclic) bond motifs is 1. The summed E-state index contributed by atoms with van der Waals surface area (Å²) in [7, 11) is 0. The van der Waals surface area contributed by atoms with Crippen LogP contribution < -0.4 is 5.56 Å². The van der Waals surface area contributed by atoms with Crippen molar-refractivity contribution < 1.29 is 17.9 Å². The fourth-order valence-corrected chi connectivity index (χ4v) is 4.80. The number of aromatic amines is 1. The molecule has 2 aliphatic rings. The molecule has 7 nitrogen and oxygen atoms in total. The van der Waals surface area contributed by atoms with E-state index in [9.17, 15) is 18.0 Å². The Morgan fingerprint density at radius 3 is 2.59 bits per heavy atom. The summed E-state index contributed by atoms with van der Waals surface area (Å²) in [4.78, 5) is 21.5. The van der Waals surface area contributed by atoms with Gasteiger partial charge >= 0.3 is 6.18 Å². The third kappa shape index (κ3) is 4.04. The maximum Gasteiger partial charge on any atom is 0.393 e. The molecule has 4 heterocycles. The molecule has 5 rings (SSSR count). The number of nitrogens with zero attached hydrogens (tertiary/aromatic N) is 4. The van der Waals surface area contributed by atoms with Gasteiger partial charge in [0.25, 0.3) is 5.56 Å². The Labute approximate surface area is 182 Å². The molecule has 2 aliphatic heterocycles. The van der Waals surface area contributed by atoms with Gasteiger partial charge in [0.05, 0.1) is 12.1 Å². The van der Waals surface area contributed by atoms with Gasteiger partial charge in [-0.3, -0.25) is 9.69 Å². The molecule has 32 heavy (non-hydrogen) atoms. The molecule has 0 saturated carbocycles. The van der Waals surface area contributed by atoms with Crippen LogP contribution in [-0.2, 0) is 11.3 Å². The molecular weight excluding hydrogens is 423 g/mol. The maximum atomic E-state index is 14.0. The molecule has 0 bridgehead atoms. The van der Waals surface area contributed by atoms with Gasteiger partial charge in [-0.2, -0.15) is 18.3 Å². The number of rotatable bonds is 4. The first-order chi connectivity index (χ1) is 15.4. The largest absolute Gasteiger partial charge is 0.393 e. The van der Waals surface area contributed by atoms with Gasteiger partial charge in [-0.1, -0.05) is 30.3 Å². The molecule has 2 unspecified atom stereocenters. The number of nitrogens with one attached hydrogen (secondary N) is 1. The fourth-order valence-electron chi connectivity index (χ4n) is 4.80. The van der Waals surface area contributed by atoms with E-state index in [1.807, 2.05) is 30.3 Å². The summed E-state index contributed by atoms with van der Waals surface area (Å²) < 4.78 is 48.7. The molecule has 0 radical (unpaired) electrons. The van der Waals surface area contributed by atoms with Crippen molar-refractivity contribution >= 4 is 5.52 Å². The number of hydrogen-bond donors (Lipinski definition) is 1. The van der Waals surface area contributed by atoms with Crippen molar-refractivity contribution in [3.05, 3.63) is 64.1 Å². The number of aromatic nitrogens is 4. The monoisotopic (exact) mass is 447 g/mol. The van der Waals surface area contributed by atoms with Crippen LogP contribution in [0.2, 0.25) is 0 Å². The van der Waals surface area contributed by atoms with Crippen molar-refractivity contribution in [1.82, 2.24) is 24.5 Å².